The van der Waals surface area contributed by atoms with E-state index >= 15 is 0 Å². The molecule has 0 bridgehead atoms. The molecule has 7 heteroatoms. The van der Waals surface area contributed by atoms with Gasteiger partial charge in [-0.3, -0.25) is 4.79 Å². The van der Waals surface area contributed by atoms with Gasteiger partial charge in [0.1, 0.15) is 11.6 Å². The maximum atomic E-state index is 12.5. The van der Waals surface area contributed by atoms with Gasteiger partial charge >= 0.3 is 0 Å². The number of nitrogens with zero attached hydrogens (tertiary/aromatic N) is 2. The summed E-state index contributed by atoms with van der Waals surface area (Å²) in [7, 11) is 0. The summed E-state index contributed by atoms with van der Waals surface area (Å²) in [5.41, 5.74) is 1.16. The zero-order valence-electron chi connectivity index (χ0n) is 14.1. The first kappa shape index (κ1) is 16.9. The molecule has 2 N–H and O–H groups in total. The zero-order valence-corrected chi connectivity index (χ0v) is 14.9. The number of aryl methyl sites for hydroxylation is 3. The van der Waals surface area contributed by atoms with Crippen LogP contribution in [0.15, 0.2) is 18.3 Å². The van der Waals surface area contributed by atoms with Gasteiger partial charge in [0, 0.05) is 17.7 Å². The lowest BCUT2D eigenvalue weighted by Gasteiger charge is -2.33. The number of aromatic nitrogens is 2. The first-order valence-corrected chi connectivity index (χ1v) is 8.86. The Kier molecular flexibility index (Phi) is 5.11. The second-order valence-electron chi connectivity index (χ2n) is 6.03. The molecular formula is C17H22N4O2S. The fraction of sp³-hybridized carbons (Fsp3) is 0.471. The highest BCUT2D eigenvalue weighted by atomic mass is 32.1. The van der Waals surface area contributed by atoms with E-state index in [0.717, 1.165) is 22.7 Å². The highest BCUT2D eigenvalue weighted by Gasteiger charge is 2.28. The standard InChI is InChI=1S/C17H22N4O2S/c1-10-8-15(24-11(10)2)17(22)21-13-5-7-23-9-14(13)20-16-4-6-18-12(3)19-16/h4,6,8,13-14H,5,7,9H2,1-3H3,(H,21,22)(H,18,19,20)/t13-,14+/m0/s1. The minimum absolute atomic E-state index is 0.00392. The van der Waals surface area contributed by atoms with Crippen LogP contribution in [0.4, 0.5) is 5.82 Å². The number of amides is 1. The molecule has 3 heterocycles. The fourth-order valence-corrected chi connectivity index (χ4v) is 3.64. The average molecular weight is 346 g/mol. The van der Waals surface area contributed by atoms with Gasteiger partial charge in [-0.1, -0.05) is 0 Å². The number of anilines is 1. The van der Waals surface area contributed by atoms with Crippen molar-refractivity contribution in [1.29, 1.82) is 0 Å². The monoisotopic (exact) mass is 346 g/mol. The molecule has 1 fully saturated rings. The Bertz CT molecular complexity index is 712. The summed E-state index contributed by atoms with van der Waals surface area (Å²) < 4.78 is 5.57. The summed E-state index contributed by atoms with van der Waals surface area (Å²) in [4.78, 5) is 22.9. The first-order valence-electron chi connectivity index (χ1n) is 8.05. The Morgan fingerprint density at radius 2 is 2.17 bits per heavy atom. The third-order valence-electron chi connectivity index (χ3n) is 4.17. The van der Waals surface area contributed by atoms with Crippen LogP contribution in [-0.4, -0.2) is 41.2 Å². The van der Waals surface area contributed by atoms with Crippen LogP contribution in [0.1, 0.15) is 32.4 Å². The number of carbonyl (C=O) groups is 1. The van der Waals surface area contributed by atoms with Crippen molar-refractivity contribution in [3.8, 4) is 0 Å². The van der Waals surface area contributed by atoms with Gasteiger partial charge < -0.3 is 15.4 Å². The van der Waals surface area contributed by atoms with E-state index in [9.17, 15) is 4.79 Å². The molecule has 1 saturated heterocycles. The molecule has 1 amide bonds. The van der Waals surface area contributed by atoms with Crippen LogP contribution in [-0.2, 0) is 4.74 Å². The molecule has 0 saturated carbocycles. The van der Waals surface area contributed by atoms with E-state index in [1.807, 2.05) is 32.9 Å². The van der Waals surface area contributed by atoms with Gasteiger partial charge in [0.2, 0.25) is 0 Å². The van der Waals surface area contributed by atoms with Crippen molar-refractivity contribution in [2.45, 2.75) is 39.3 Å². The predicted octanol–water partition coefficient (Wildman–Crippen LogP) is 2.46. The summed E-state index contributed by atoms with van der Waals surface area (Å²) in [6.07, 6.45) is 2.50. The zero-order chi connectivity index (χ0) is 17.1. The third kappa shape index (κ3) is 3.91. The average Bonchev–Trinajstić information content (AvgIpc) is 2.89. The van der Waals surface area contributed by atoms with Gasteiger partial charge in [0.25, 0.3) is 5.91 Å². The van der Waals surface area contributed by atoms with Crippen molar-refractivity contribution in [3.63, 3.8) is 0 Å². The molecule has 0 unspecified atom stereocenters. The van der Waals surface area contributed by atoms with Gasteiger partial charge in [0.05, 0.1) is 23.6 Å². The number of carbonyl (C=O) groups excluding carboxylic acids is 1. The van der Waals surface area contributed by atoms with Gasteiger partial charge in [-0.2, -0.15) is 0 Å². The quantitative estimate of drug-likeness (QED) is 0.889. The van der Waals surface area contributed by atoms with E-state index in [1.54, 1.807) is 6.20 Å². The van der Waals surface area contributed by atoms with Crippen molar-refractivity contribution < 1.29 is 9.53 Å². The Balaban J connectivity index is 1.69. The molecular weight excluding hydrogens is 324 g/mol. The molecule has 2 atom stereocenters. The van der Waals surface area contributed by atoms with Crippen LogP contribution < -0.4 is 10.6 Å². The molecule has 0 aliphatic carbocycles. The lowest BCUT2D eigenvalue weighted by Crippen LogP contribution is -2.52. The van der Waals surface area contributed by atoms with E-state index in [-0.39, 0.29) is 18.0 Å². The lowest BCUT2D eigenvalue weighted by atomic mass is 10.0. The van der Waals surface area contributed by atoms with Crippen molar-refractivity contribution in [2.75, 3.05) is 18.5 Å². The van der Waals surface area contributed by atoms with Crippen LogP contribution in [0.25, 0.3) is 0 Å². The van der Waals surface area contributed by atoms with E-state index in [1.165, 1.54) is 16.2 Å². The van der Waals surface area contributed by atoms with E-state index < -0.39 is 0 Å². The summed E-state index contributed by atoms with van der Waals surface area (Å²) in [6, 6.07) is 3.76. The summed E-state index contributed by atoms with van der Waals surface area (Å²) in [5, 5.41) is 6.50. The highest BCUT2D eigenvalue weighted by Crippen LogP contribution is 2.21. The van der Waals surface area contributed by atoms with Crippen LogP contribution in [0, 0.1) is 20.8 Å². The Hall–Kier alpha value is -1.99. The first-order chi connectivity index (χ1) is 11.5. The van der Waals surface area contributed by atoms with Gasteiger partial charge in [0.15, 0.2) is 0 Å². The second-order valence-corrected chi connectivity index (χ2v) is 7.29. The van der Waals surface area contributed by atoms with Crippen LogP contribution in [0.2, 0.25) is 0 Å². The molecule has 128 valence electrons. The predicted molar refractivity (Wildman–Crippen MR) is 94.7 cm³/mol. The van der Waals surface area contributed by atoms with Crippen molar-refractivity contribution >= 4 is 23.1 Å². The minimum Gasteiger partial charge on any atom is -0.379 e. The van der Waals surface area contributed by atoms with Crippen LogP contribution in [0.3, 0.4) is 0 Å². The molecule has 0 aromatic carbocycles. The van der Waals surface area contributed by atoms with Crippen molar-refractivity contribution in [3.05, 3.63) is 39.5 Å². The van der Waals surface area contributed by atoms with Gasteiger partial charge in [-0.15, -0.1) is 11.3 Å². The van der Waals surface area contributed by atoms with E-state index in [2.05, 4.69) is 20.6 Å². The van der Waals surface area contributed by atoms with Crippen molar-refractivity contribution in [2.24, 2.45) is 0 Å². The number of thiophene rings is 1. The molecule has 3 rings (SSSR count). The lowest BCUT2D eigenvalue weighted by molar-refractivity contribution is 0.0621. The number of ether oxygens (including phenoxy) is 1. The maximum absolute atomic E-state index is 12.5. The highest BCUT2D eigenvalue weighted by molar-refractivity contribution is 7.14. The smallest absolute Gasteiger partial charge is 0.261 e. The van der Waals surface area contributed by atoms with Crippen LogP contribution in [0.5, 0.6) is 0 Å². The largest absolute Gasteiger partial charge is 0.379 e. The summed E-state index contributed by atoms with van der Waals surface area (Å²) in [5.74, 6) is 1.44. The Morgan fingerprint density at radius 1 is 1.33 bits per heavy atom. The topological polar surface area (TPSA) is 76.1 Å². The van der Waals surface area contributed by atoms with Crippen LogP contribution >= 0.6 is 11.3 Å². The summed E-state index contributed by atoms with van der Waals surface area (Å²) in [6.45, 7) is 7.10. The number of hydrogen-bond acceptors (Lipinski definition) is 6. The normalized spacial score (nSPS) is 20.6. The summed E-state index contributed by atoms with van der Waals surface area (Å²) >= 11 is 1.53. The molecule has 24 heavy (non-hydrogen) atoms. The van der Waals surface area contributed by atoms with Gasteiger partial charge in [-0.05, 0) is 44.9 Å². The van der Waals surface area contributed by atoms with E-state index in [4.69, 9.17) is 4.74 Å². The Labute approximate surface area is 145 Å². The number of rotatable bonds is 4. The molecule has 6 nitrogen and oxygen atoms in total. The SMILES string of the molecule is Cc1nccc(N[C@@H]2COCC[C@@H]2NC(=O)c2cc(C)c(C)s2)n1. The van der Waals surface area contributed by atoms with Gasteiger partial charge in [-0.25, -0.2) is 9.97 Å². The minimum atomic E-state index is -0.0197. The fourth-order valence-electron chi connectivity index (χ4n) is 2.70. The second kappa shape index (κ2) is 7.27. The van der Waals surface area contributed by atoms with Crippen molar-refractivity contribution in [1.82, 2.24) is 15.3 Å². The Morgan fingerprint density at radius 3 is 2.88 bits per heavy atom. The molecule has 1 aliphatic heterocycles. The van der Waals surface area contributed by atoms with E-state index in [0.29, 0.717) is 19.0 Å². The molecule has 0 spiro atoms. The number of hydrogen-bond donors (Lipinski definition) is 2. The molecule has 2 aromatic heterocycles. The molecule has 0 radical (unpaired) electrons. The maximum Gasteiger partial charge on any atom is 0.261 e. The number of nitrogens with one attached hydrogen (secondary N) is 2. The third-order valence-corrected chi connectivity index (χ3v) is 5.32. The molecule has 2 aromatic rings. The molecule has 1 aliphatic rings.